The molecule has 2 amide bonds. The molecule has 0 aromatic heterocycles. The van der Waals surface area contributed by atoms with Gasteiger partial charge in [-0.15, -0.1) is 0 Å². The Bertz CT molecular complexity index is 844. The maximum atomic E-state index is 12.9. The molecule has 2 saturated heterocycles. The van der Waals surface area contributed by atoms with Gasteiger partial charge in [0, 0.05) is 5.56 Å². The van der Waals surface area contributed by atoms with E-state index >= 15 is 0 Å². The zero-order chi connectivity index (χ0) is 19.6. The number of aliphatic hydroxyl groups excluding tert-OH is 1. The van der Waals surface area contributed by atoms with Crippen LogP contribution in [0, 0.1) is 0 Å². The van der Waals surface area contributed by atoms with Gasteiger partial charge < -0.3 is 14.6 Å². The van der Waals surface area contributed by atoms with Gasteiger partial charge in [-0.1, -0.05) is 60.7 Å². The topological polar surface area (TPSA) is 79.3 Å². The Kier molecular flexibility index (Phi) is 5.02. The summed E-state index contributed by atoms with van der Waals surface area (Å²) >= 11 is 0. The van der Waals surface area contributed by atoms with Crippen molar-refractivity contribution in [1.29, 1.82) is 0 Å². The van der Waals surface area contributed by atoms with Crippen LogP contribution >= 0.6 is 0 Å². The second-order valence-corrected chi connectivity index (χ2v) is 6.96. The van der Waals surface area contributed by atoms with Gasteiger partial charge in [0.1, 0.15) is 13.2 Å². The molecular weight excluding hydrogens is 360 g/mol. The van der Waals surface area contributed by atoms with E-state index in [0.717, 1.165) is 11.1 Å². The minimum atomic E-state index is -1.12. The highest BCUT2D eigenvalue weighted by atomic mass is 16.6. The predicted octanol–water partition coefficient (Wildman–Crippen LogP) is 1.71. The van der Waals surface area contributed by atoms with Gasteiger partial charge in [0.15, 0.2) is 5.72 Å². The maximum Gasteiger partial charge on any atom is 0.410 e. The molecule has 7 heteroatoms. The van der Waals surface area contributed by atoms with Gasteiger partial charge in [-0.3, -0.25) is 14.6 Å². The molecule has 2 atom stereocenters. The van der Waals surface area contributed by atoms with Gasteiger partial charge >= 0.3 is 6.09 Å². The largest absolute Gasteiger partial charge is 0.445 e. The lowest BCUT2D eigenvalue weighted by Crippen LogP contribution is -2.64. The summed E-state index contributed by atoms with van der Waals surface area (Å²) in [7, 11) is 0. The van der Waals surface area contributed by atoms with Gasteiger partial charge in [-0.25, -0.2) is 4.79 Å². The first-order valence-electron chi connectivity index (χ1n) is 9.22. The number of piperazine rings is 1. The van der Waals surface area contributed by atoms with Crippen LogP contribution in [0.3, 0.4) is 0 Å². The zero-order valence-corrected chi connectivity index (χ0v) is 15.4. The summed E-state index contributed by atoms with van der Waals surface area (Å²) in [4.78, 5) is 28.5. The number of hydrogen-bond donors (Lipinski definition) is 1. The van der Waals surface area contributed by atoms with Gasteiger partial charge in [-0.05, 0) is 5.56 Å². The summed E-state index contributed by atoms with van der Waals surface area (Å²) in [6, 6.07) is 18.2. The van der Waals surface area contributed by atoms with Crippen LogP contribution in [-0.4, -0.2) is 59.3 Å². The number of rotatable bonds is 4. The monoisotopic (exact) mass is 382 g/mol. The number of ether oxygens (including phenoxy) is 2. The van der Waals surface area contributed by atoms with Crippen LogP contribution < -0.4 is 0 Å². The number of carbonyl (C=O) groups excluding carboxylic acids is 2. The van der Waals surface area contributed by atoms with E-state index < -0.39 is 17.9 Å². The predicted molar refractivity (Wildman–Crippen MR) is 100.0 cm³/mol. The second-order valence-electron chi connectivity index (χ2n) is 6.96. The summed E-state index contributed by atoms with van der Waals surface area (Å²) in [5.41, 5.74) is 0.520. The van der Waals surface area contributed by atoms with Crippen LogP contribution in [-0.2, 0) is 26.6 Å². The van der Waals surface area contributed by atoms with Crippen LogP contribution in [0.4, 0.5) is 4.79 Å². The van der Waals surface area contributed by atoms with Crippen molar-refractivity contribution in [3.8, 4) is 0 Å². The van der Waals surface area contributed by atoms with Crippen molar-refractivity contribution in [2.24, 2.45) is 0 Å². The van der Waals surface area contributed by atoms with Crippen molar-refractivity contribution in [2.45, 2.75) is 18.4 Å². The van der Waals surface area contributed by atoms with E-state index in [-0.39, 0.29) is 38.8 Å². The molecule has 2 aliphatic heterocycles. The van der Waals surface area contributed by atoms with Crippen LogP contribution in [0.15, 0.2) is 60.7 Å². The third-order valence-corrected chi connectivity index (χ3v) is 5.17. The van der Waals surface area contributed by atoms with Crippen molar-refractivity contribution < 1.29 is 24.2 Å². The Morgan fingerprint density at radius 3 is 2.50 bits per heavy atom. The van der Waals surface area contributed by atoms with E-state index in [1.807, 2.05) is 60.7 Å². The third kappa shape index (κ3) is 3.23. The Labute approximate surface area is 163 Å². The van der Waals surface area contributed by atoms with Gasteiger partial charge in [0.05, 0.1) is 25.8 Å². The number of benzene rings is 2. The first-order valence-corrected chi connectivity index (χ1v) is 9.22. The summed E-state index contributed by atoms with van der Waals surface area (Å²) in [6.07, 6.45) is -0.566. The van der Waals surface area contributed by atoms with E-state index in [9.17, 15) is 14.7 Å². The number of nitrogens with zero attached hydrogens (tertiary/aromatic N) is 2. The van der Waals surface area contributed by atoms with Crippen LogP contribution in [0.5, 0.6) is 0 Å². The summed E-state index contributed by atoms with van der Waals surface area (Å²) in [5.74, 6) is -0.275. The van der Waals surface area contributed by atoms with Crippen LogP contribution in [0.25, 0.3) is 0 Å². The lowest BCUT2D eigenvalue weighted by molar-refractivity contribution is -0.171. The van der Waals surface area contributed by atoms with E-state index in [0.29, 0.717) is 0 Å². The molecule has 2 aromatic carbocycles. The molecule has 0 bridgehead atoms. The fraction of sp³-hybridized carbons (Fsp3) is 0.333. The molecule has 2 heterocycles. The molecule has 0 aliphatic carbocycles. The highest BCUT2D eigenvalue weighted by Gasteiger charge is 2.56. The van der Waals surface area contributed by atoms with Crippen molar-refractivity contribution in [3.63, 3.8) is 0 Å². The van der Waals surface area contributed by atoms with Crippen molar-refractivity contribution in [2.75, 3.05) is 26.3 Å². The van der Waals surface area contributed by atoms with Crippen LogP contribution in [0.1, 0.15) is 11.1 Å². The average Bonchev–Trinajstić information content (AvgIpc) is 3.14. The van der Waals surface area contributed by atoms with Crippen molar-refractivity contribution in [3.05, 3.63) is 71.8 Å². The quantitative estimate of drug-likeness (QED) is 0.871. The average molecular weight is 382 g/mol. The first kappa shape index (κ1) is 18.5. The van der Waals surface area contributed by atoms with E-state index in [4.69, 9.17) is 9.47 Å². The lowest BCUT2D eigenvalue weighted by Gasteiger charge is -2.46. The highest BCUT2D eigenvalue weighted by Crippen LogP contribution is 2.40. The first-order chi connectivity index (χ1) is 13.6. The van der Waals surface area contributed by atoms with Gasteiger partial charge in [0.25, 0.3) is 0 Å². The Hall–Kier alpha value is -2.90. The fourth-order valence-corrected chi connectivity index (χ4v) is 3.84. The third-order valence-electron chi connectivity index (χ3n) is 5.17. The van der Waals surface area contributed by atoms with Gasteiger partial charge in [0.2, 0.25) is 5.91 Å². The molecule has 0 saturated carbocycles. The Morgan fingerprint density at radius 1 is 1.14 bits per heavy atom. The number of hydrogen-bond acceptors (Lipinski definition) is 5. The summed E-state index contributed by atoms with van der Waals surface area (Å²) in [5, 5.41) is 9.69. The standard InChI is InChI=1S/C21H22N2O5/c24-12-18-14-28-21(17-9-5-2-6-10-17)15-22(11-19(25)23(18)21)20(26)27-13-16-7-3-1-4-8-16/h1-10,18,24H,11-15H2/t18-,21-/m1/s1. The van der Waals surface area contributed by atoms with Gasteiger partial charge in [-0.2, -0.15) is 0 Å². The lowest BCUT2D eigenvalue weighted by atomic mass is 9.97. The van der Waals surface area contributed by atoms with E-state index in [2.05, 4.69) is 0 Å². The molecule has 2 aliphatic rings. The molecule has 0 unspecified atom stereocenters. The minimum Gasteiger partial charge on any atom is -0.445 e. The van der Waals surface area contributed by atoms with E-state index in [1.54, 1.807) is 4.90 Å². The highest BCUT2D eigenvalue weighted by molar-refractivity contribution is 5.85. The summed E-state index contributed by atoms with van der Waals surface area (Å²) in [6.45, 7) is 0.185. The maximum absolute atomic E-state index is 12.9. The zero-order valence-electron chi connectivity index (χ0n) is 15.4. The molecule has 2 aromatic rings. The molecule has 146 valence electrons. The molecule has 28 heavy (non-hydrogen) atoms. The number of amides is 2. The number of fused-ring (bicyclic) bond motifs is 1. The molecular formula is C21H22N2O5. The normalized spacial score (nSPS) is 24.2. The second kappa shape index (κ2) is 7.61. The number of carbonyl (C=O) groups is 2. The SMILES string of the molecule is O=C(OCc1ccccc1)N1CC(=O)N2[C@H](CO)CO[C@@]2(c2ccccc2)C1. The molecule has 0 spiro atoms. The molecule has 4 rings (SSSR count). The Morgan fingerprint density at radius 2 is 1.82 bits per heavy atom. The van der Waals surface area contributed by atoms with Crippen LogP contribution in [0.2, 0.25) is 0 Å². The minimum absolute atomic E-state index is 0.109. The smallest absolute Gasteiger partial charge is 0.410 e. The fourth-order valence-electron chi connectivity index (χ4n) is 3.84. The molecule has 2 fully saturated rings. The number of aliphatic hydroxyl groups is 1. The summed E-state index contributed by atoms with van der Waals surface area (Å²) < 4.78 is 11.5. The molecule has 0 radical (unpaired) electrons. The molecule has 7 nitrogen and oxygen atoms in total. The van der Waals surface area contributed by atoms with Crippen molar-refractivity contribution >= 4 is 12.0 Å². The van der Waals surface area contributed by atoms with E-state index in [1.165, 1.54) is 4.90 Å². The Balaban J connectivity index is 1.57. The van der Waals surface area contributed by atoms with Crippen molar-refractivity contribution in [1.82, 2.24) is 9.80 Å². The molecule has 1 N–H and O–H groups in total.